The standard InChI is InChI=1S/C11H9Cl2FO2/c12-8-5-7(10(14)6-9(8)13)3-1-2-4-11(15)16/h1,3,5-6H,2,4H2,(H,15,16). The Bertz CT molecular complexity index is 430. The lowest BCUT2D eigenvalue weighted by Crippen LogP contribution is -1.91. The Hall–Kier alpha value is -1.06. The van der Waals surface area contributed by atoms with Crippen LogP contribution in [0.25, 0.3) is 6.08 Å². The summed E-state index contributed by atoms with van der Waals surface area (Å²) in [7, 11) is 0. The number of aliphatic carboxylic acids is 1. The van der Waals surface area contributed by atoms with Crippen LogP contribution in [0.3, 0.4) is 0 Å². The minimum absolute atomic E-state index is 0.0133. The van der Waals surface area contributed by atoms with E-state index in [0.717, 1.165) is 6.07 Å². The monoisotopic (exact) mass is 262 g/mol. The maximum atomic E-state index is 13.3. The quantitative estimate of drug-likeness (QED) is 0.833. The molecule has 5 heteroatoms. The molecule has 86 valence electrons. The van der Waals surface area contributed by atoms with Crippen LogP contribution in [0.5, 0.6) is 0 Å². The Labute approximate surface area is 102 Å². The molecule has 0 amide bonds. The van der Waals surface area contributed by atoms with Crippen molar-refractivity contribution >= 4 is 35.2 Å². The van der Waals surface area contributed by atoms with Gasteiger partial charge in [0.2, 0.25) is 0 Å². The van der Waals surface area contributed by atoms with Gasteiger partial charge in [0.1, 0.15) is 5.82 Å². The first-order chi connectivity index (χ1) is 7.50. The maximum Gasteiger partial charge on any atom is 0.303 e. The Balaban J connectivity index is 2.73. The van der Waals surface area contributed by atoms with E-state index in [9.17, 15) is 9.18 Å². The third kappa shape index (κ3) is 3.83. The number of halogens is 3. The number of hydrogen-bond donors (Lipinski definition) is 1. The first-order valence-corrected chi connectivity index (χ1v) is 5.29. The van der Waals surface area contributed by atoms with Gasteiger partial charge in [-0.25, -0.2) is 4.39 Å². The van der Waals surface area contributed by atoms with Crippen molar-refractivity contribution in [3.05, 3.63) is 39.6 Å². The van der Waals surface area contributed by atoms with Crippen LogP contribution in [0, 0.1) is 5.82 Å². The molecule has 0 atom stereocenters. The third-order valence-corrected chi connectivity index (χ3v) is 2.58. The van der Waals surface area contributed by atoms with E-state index in [-0.39, 0.29) is 16.5 Å². The fourth-order valence-electron chi connectivity index (χ4n) is 1.08. The van der Waals surface area contributed by atoms with Crippen molar-refractivity contribution in [3.63, 3.8) is 0 Å². The Kier molecular flexibility index (Phi) is 4.77. The topological polar surface area (TPSA) is 37.3 Å². The third-order valence-electron chi connectivity index (χ3n) is 1.86. The summed E-state index contributed by atoms with van der Waals surface area (Å²) in [5, 5.41) is 8.82. The van der Waals surface area contributed by atoms with E-state index < -0.39 is 11.8 Å². The molecule has 2 nitrogen and oxygen atoms in total. The summed E-state index contributed by atoms with van der Waals surface area (Å²) in [5.41, 5.74) is 0.291. The van der Waals surface area contributed by atoms with Crippen molar-refractivity contribution in [2.75, 3.05) is 0 Å². The van der Waals surface area contributed by atoms with Crippen molar-refractivity contribution < 1.29 is 14.3 Å². The molecule has 0 saturated heterocycles. The molecular formula is C11H9Cl2FO2. The Morgan fingerprint density at radius 1 is 1.38 bits per heavy atom. The van der Waals surface area contributed by atoms with Crippen molar-refractivity contribution in [3.8, 4) is 0 Å². The van der Waals surface area contributed by atoms with Crippen LogP contribution >= 0.6 is 23.2 Å². The summed E-state index contributed by atoms with van der Waals surface area (Å²) in [4.78, 5) is 10.2. The first-order valence-electron chi connectivity index (χ1n) is 4.53. The van der Waals surface area contributed by atoms with E-state index in [1.54, 1.807) is 6.08 Å². The highest BCUT2D eigenvalue weighted by Gasteiger charge is 2.04. The largest absolute Gasteiger partial charge is 0.481 e. The smallest absolute Gasteiger partial charge is 0.303 e. The molecule has 1 rings (SSSR count). The molecule has 0 aliphatic heterocycles. The summed E-state index contributed by atoms with van der Waals surface area (Å²) in [5.74, 6) is -1.37. The van der Waals surface area contributed by atoms with Crippen molar-refractivity contribution in [2.24, 2.45) is 0 Å². The molecule has 0 bridgehead atoms. The van der Waals surface area contributed by atoms with Gasteiger partial charge in [-0.3, -0.25) is 4.79 Å². The molecule has 0 aromatic heterocycles. The second-order valence-electron chi connectivity index (χ2n) is 3.12. The predicted molar refractivity (Wildman–Crippen MR) is 62.3 cm³/mol. The lowest BCUT2D eigenvalue weighted by Gasteiger charge is -2.00. The Morgan fingerprint density at radius 2 is 2.00 bits per heavy atom. The average molecular weight is 263 g/mol. The molecule has 0 unspecified atom stereocenters. The van der Waals surface area contributed by atoms with Crippen LogP contribution in [-0.4, -0.2) is 11.1 Å². The Morgan fingerprint density at radius 3 is 2.62 bits per heavy atom. The molecule has 0 aliphatic rings. The number of rotatable bonds is 4. The summed E-state index contributed by atoms with van der Waals surface area (Å²) in [6.07, 6.45) is 3.42. The van der Waals surface area contributed by atoms with Gasteiger partial charge in [-0.05, 0) is 18.6 Å². The summed E-state index contributed by atoms with van der Waals surface area (Å²) in [6, 6.07) is 2.53. The molecule has 1 aromatic rings. The van der Waals surface area contributed by atoms with Gasteiger partial charge in [-0.2, -0.15) is 0 Å². The van der Waals surface area contributed by atoms with E-state index >= 15 is 0 Å². The van der Waals surface area contributed by atoms with Crippen LogP contribution in [-0.2, 0) is 4.79 Å². The van der Waals surface area contributed by atoms with Crippen molar-refractivity contribution in [2.45, 2.75) is 12.8 Å². The zero-order valence-electron chi connectivity index (χ0n) is 8.21. The van der Waals surface area contributed by atoms with Crippen LogP contribution in [0.1, 0.15) is 18.4 Å². The fraction of sp³-hybridized carbons (Fsp3) is 0.182. The number of carboxylic acid groups (broad SMARTS) is 1. The van der Waals surface area contributed by atoms with Gasteiger partial charge in [0.25, 0.3) is 0 Å². The molecule has 0 fully saturated rings. The van der Waals surface area contributed by atoms with Crippen molar-refractivity contribution in [1.82, 2.24) is 0 Å². The second-order valence-corrected chi connectivity index (χ2v) is 3.94. The van der Waals surface area contributed by atoms with E-state index in [2.05, 4.69) is 0 Å². The molecule has 1 aromatic carbocycles. The minimum Gasteiger partial charge on any atom is -0.481 e. The molecule has 1 N–H and O–H groups in total. The average Bonchev–Trinajstić information content (AvgIpc) is 2.19. The SMILES string of the molecule is O=C(O)CCC=Cc1cc(Cl)c(Cl)cc1F. The number of carboxylic acids is 1. The van der Waals surface area contributed by atoms with E-state index in [1.807, 2.05) is 0 Å². The van der Waals surface area contributed by atoms with E-state index in [4.69, 9.17) is 28.3 Å². The van der Waals surface area contributed by atoms with Gasteiger partial charge in [-0.15, -0.1) is 0 Å². The van der Waals surface area contributed by atoms with Gasteiger partial charge in [0, 0.05) is 12.0 Å². The van der Waals surface area contributed by atoms with Crippen molar-refractivity contribution in [1.29, 1.82) is 0 Å². The molecule has 0 spiro atoms. The van der Waals surface area contributed by atoms with Gasteiger partial charge >= 0.3 is 5.97 Å². The molecule has 16 heavy (non-hydrogen) atoms. The molecule has 0 aliphatic carbocycles. The highest BCUT2D eigenvalue weighted by Crippen LogP contribution is 2.25. The van der Waals surface area contributed by atoms with E-state index in [0.29, 0.717) is 12.0 Å². The molecular weight excluding hydrogens is 254 g/mol. The summed E-state index contributed by atoms with van der Waals surface area (Å²) in [6.45, 7) is 0. The summed E-state index contributed by atoms with van der Waals surface area (Å²) >= 11 is 11.3. The van der Waals surface area contributed by atoms with Gasteiger partial charge < -0.3 is 5.11 Å². The minimum atomic E-state index is -0.890. The van der Waals surface area contributed by atoms with Gasteiger partial charge in [-0.1, -0.05) is 35.4 Å². The molecule has 0 radical (unpaired) electrons. The number of carbonyl (C=O) groups is 1. The second kappa shape index (κ2) is 5.87. The van der Waals surface area contributed by atoms with Crippen LogP contribution < -0.4 is 0 Å². The maximum absolute atomic E-state index is 13.3. The molecule has 0 heterocycles. The number of hydrogen-bond acceptors (Lipinski definition) is 1. The zero-order chi connectivity index (χ0) is 12.1. The van der Waals surface area contributed by atoms with Gasteiger partial charge in [0.05, 0.1) is 10.0 Å². The fourth-order valence-corrected chi connectivity index (χ4v) is 1.41. The lowest BCUT2D eigenvalue weighted by molar-refractivity contribution is -0.136. The first kappa shape index (κ1) is 13.0. The van der Waals surface area contributed by atoms with Crippen LogP contribution in [0.4, 0.5) is 4.39 Å². The van der Waals surface area contributed by atoms with Crippen LogP contribution in [0.2, 0.25) is 10.0 Å². The highest BCUT2D eigenvalue weighted by atomic mass is 35.5. The predicted octanol–water partition coefficient (Wildman–Crippen LogP) is 4.01. The lowest BCUT2D eigenvalue weighted by atomic mass is 10.1. The number of allylic oxidation sites excluding steroid dienone is 1. The zero-order valence-corrected chi connectivity index (χ0v) is 9.72. The normalized spacial score (nSPS) is 10.9. The highest BCUT2D eigenvalue weighted by molar-refractivity contribution is 6.42. The van der Waals surface area contributed by atoms with Gasteiger partial charge in [0.15, 0.2) is 0 Å². The van der Waals surface area contributed by atoms with E-state index in [1.165, 1.54) is 12.1 Å². The molecule has 0 saturated carbocycles. The summed E-state index contributed by atoms with van der Waals surface area (Å²) < 4.78 is 13.3. The number of benzene rings is 1. The van der Waals surface area contributed by atoms with Crippen LogP contribution in [0.15, 0.2) is 18.2 Å².